The third kappa shape index (κ3) is 3.80. The number of aromatic nitrogens is 2. The highest BCUT2D eigenvalue weighted by atomic mass is 16.5. The van der Waals surface area contributed by atoms with Crippen molar-refractivity contribution < 1.29 is 14.9 Å². The number of aliphatic hydroxyl groups is 2. The first-order valence-corrected chi connectivity index (χ1v) is 6.24. The molecule has 18 heavy (non-hydrogen) atoms. The van der Waals surface area contributed by atoms with Crippen LogP contribution in [0.4, 0.5) is 0 Å². The Kier molecular flexibility index (Phi) is 5.31. The average molecular weight is 256 g/mol. The highest BCUT2D eigenvalue weighted by molar-refractivity contribution is 5.07. The van der Waals surface area contributed by atoms with E-state index in [0.717, 1.165) is 6.42 Å². The lowest BCUT2D eigenvalue weighted by atomic mass is 9.85. The van der Waals surface area contributed by atoms with Crippen molar-refractivity contribution in [1.29, 1.82) is 0 Å². The molecule has 1 rings (SSSR count). The van der Waals surface area contributed by atoms with E-state index in [-0.39, 0.29) is 5.41 Å². The summed E-state index contributed by atoms with van der Waals surface area (Å²) in [4.78, 5) is 0. The minimum atomic E-state index is -0.921. The third-order valence-corrected chi connectivity index (χ3v) is 2.96. The van der Waals surface area contributed by atoms with Gasteiger partial charge in [-0.2, -0.15) is 5.10 Å². The number of aliphatic hydroxyl groups excluding tert-OH is 2. The molecular formula is C13H24N2O3. The van der Waals surface area contributed by atoms with Gasteiger partial charge in [0.25, 0.3) is 0 Å². The van der Waals surface area contributed by atoms with Gasteiger partial charge in [-0.05, 0) is 17.9 Å². The molecule has 0 aliphatic heterocycles. The zero-order valence-electron chi connectivity index (χ0n) is 11.6. The molecule has 0 fully saturated rings. The SMILES string of the molecule is COCCCn1nccc1C(O)C(O)C(C)(C)C. The molecule has 0 aliphatic rings. The quantitative estimate of drug-likeness (QED) is 0.754. The third-order valence-electron chi connectivity index (χ3n) is 2.96. The van der Waals surface area contributed by atoms with Crippen LogP contribution in [0.3, 0.4) is 0 Å². The topological polar surface area (TPSA) is 67.5 Å². The van der Waals surface area contributed by atoms with Crippen molar-refractivity contribution in [1.82, 2.24) is 9.78 Å². The van der Waals surface area contributed by atoms with Gasteiger partial charge in [0, 0.05) is 26.5 Å². The van der Waals surface area contributed by atoms with Crippen LogP contribution in [-0.2, 0) is 11.3 Å². The second kappa shape index (κ2) is 6.31. The van der Waals surface area contributed by atoms with Gasteiger partial charge in [0.05, 0.1) is 11.8 Å². The van der Waals surface area contributed by atoms with Gasteiger partial charge in [-0.1, -0.05) is 20.8 Å². The van der Waals surface area contributed by atoms with Crippen LogP contribution in [0.15, 0.2) is 12.3 Å². The predicted molar refractivity (Wildman–Crippen MR) is 69.1 cm³/mol. The molecule has 0 saturated heterocycles. The Labute approximate surface area is 108 Å². The van der Waals surface area contributed by atoms with Crippen LogP contribution in [0.25, 0.3) is 0 Å². The summed E-state index contributed by atoms with van der Waals surface area (Å²) >= 11 is 0. The Hall–Kier alpha value is -0.910. The minimum Gasteiger partial charge on any atom is -0.389 e. The molecule has 0 amide bonds. The summed E-state index contributed by atoms with van der Waals surface area (Å²) in [7, 11) is 1.65. The van der Waals surface area contributed by atoms with E-state index in [1.165, 1.54) is 0 Å². The normalized spacial score (nSPS) is 15.7. The van der Waals surface area contributed by atoms with Gasteiger partial charge in [0.2, 0.25) is 0 Å². The molecule has 2 N–H and O–H groups in total. The molecule has 5 nitrogen and oxygen atoms in total. The van der Waals surface area contributed by atoms with E-state index in [1.54, 1.807) is 24.1 Å². The number of ether oxygens (including phenoxy) is 1. The summed E-state index contributed by atoms with van der Waals surface area (Å²) in [5, 5.41) is 24.5. The second-order valence-corrected chi connectivity index (χ2v) is 5.58. The van der Waals surface area contributed by atoms with Gasteiger partial charge in [0.15, 0.2) is 0 Å². The summed E-state index contributed by atoms with van der Waals surface area (Å²) in [6.07, 6.45) is 0.718. The van der Waals surface area contributed by atoms with Crippen molar-refractivity contribution in [3.63, 3.8) is 0 Å². The number of hydrogen-bond acceptors (Lipinski definition) is 4. The van der Waals surface area contributed by atoms with Crippen LogP contribution < -0.4 is 0 Å². The van der Waals surface area contributed by atoms with E-state index >= 15 is 0 Å². The number of hydrogen-bond donors (Lipinski definition) is 2. The molecule has 0 spiro atoms. The fraction of sp³-hybridized carbons (Fsp3) is 0.769. The van der Waals surface area contributed by atoms with Crippen molar-refractivity contribution in [2.75, 3.05) is 13.7 Å². The maximum Gasteiger partial charge on any atom is 0.122 e. The average Bonchev–Trinajstić information content (AvgIpc) is 2.74. The Morgan fingerprint density at radius 1 is 1.39 bits per heavy atom. The Morgan fingerprint density at radius 2 is 2.06 bits per heavy atom. The Morgan fingerprint density at radius 3 is 2.61 bits per heavy atom. The molecule has 0 aliphatic carbocycles. The number of methoxy groups -OCH3 is 1. The van der Waals surface area contributed by atoms with E-state index in [1.807, 2.05) is 20.8 Å². The van der Waals surface area contributed by atoms with Gasteiger partial charge < -0.3 is 14.9 Å². The minimum absolute atomic E-state index is 0.374. The fourth-order valence-electron chi connectivity index (χ4n) is 1.77. The maximum absolute atomic E-state index is 10.2. The molecule has 0 aromatic carbocycles. The molecule has 104 valence electrons. The summed E-state index contributed by atoms with van der Waals surface area (Å²) in [5.74, 6) is 0. The van der Waals surface area contributed by atoms with Crippen molar-refractivity contribution in [3.05, 3.63) is 18.0 Å². The molecule has 1 aromatic heterocycles. The summed E-state index contributed by atoms with van der Waals surface area (Å²) in [6, 6.07) is 1.74. The van der Waals surface area contributed by atoms with Crippen molar-refractivity contribution in [2.45, 2.75) is 45.9 Å². The first-order valence-electron chi connectivity index (χ1n) is 6.24. The Bertz CT molecular complexity index is 357. The van der Waals surface area contributed by atoms with E-state index in [0.29, 0.717) is 18.8 Å². The molecule has 1 aromatic rings. The summed E-state index contributed by atoms with van der Waals surface area (Å²) in [6.45, 7) is 7.01. The van der Waals surface area contributed by atoms with Gasteiger partial charge >= 0.3 is 0 Å². The first kappa shape index (κ1) is 15.1. The largest absolute Gasteiger partial charge is 0.389 e. The number of rotatable bonds is 6. The number of nitrogens with zero attached hydrogens (tertiary/aromatic N) is 2. The second-order valence-electron chi connectivity index (χ2n) is 5.58. The van der Waals surface area contributed by atoms with Crippen LogP contribution in [-0.4, -0.2) is 39.8 Å². The monoisotopic (exact) mass is 256 g/mol. The van der Waals surface area contributed by atoms with Crippen LogP contribution in [0, 0.1) is 5.41 Å². The van der Waals surface area contributed by atoms with Crippen LogP contribution in [0.1, 0.15) is 39.0 Å². The van der Waals surface area contributed by atoms with E-state index in [4.69, 9.17) is 4.74 Å². The van der Waals surface area contributed by atoms with Gasteiger partial charge in [-0.3, -0.25) is 4.68 Å². The van der Waals surface area contributed by atoms with Crippen LogP contribution >= 0.6 is 0 Å². The molecule has 0 radical (unpaired) electrons. The van der Waals surface area contributed by atoms with Gasteiger partial charge in [-0.15, -0.1) is 0 Å². The molecule has 2 atom stereocenters. The first-order chi connectivity index (χ1) is 8.38. The zero-order chi connectivity index (χ0) is 13.8. The highest BCUT2D eigenvalue weighted by Crippen LogP contribution is 2.29. The molecule has 0 saturated carbocycles. The van der Waals surface area contributed by atoms with Gasteiger partial charge in [-0.25, -0.2) is 0 Å². The van der Waals surface area contributed by atoms with Crippen molar-refractivity contribution in [3.8, 4) is 0 Å². The smallest absolute Gasteiger partial charge is 0.122 e. The fourth-order valence-corrected chi connectivity index (χ4v) is 1.77. The molecule has 2 unspecified atom stereocenters. The predicted octanol–water partition coefficient (Wildman–Crippen LogP) is 1.36. The molecule has 0 bridgehead atoms. The summed E-state index contributed by atoms with van der Waals surface area (Å²) < 4.78 is 6.71. The molecular weight excluding hydrogens is 232 g/mol. The standard InChI is InChI=1S/C13H24N2O3/c1-13(2,3)12(17)11(16)10-6-7-14-15(10)8-5-9-18-4/h6-7,11-12,16-17H,5,8-9H2,1-4H3. The maximum atomic E-state index is 10.2. The Balaban J connectivity index is 2.74. The van der Waals surface area contributed by atoms with Crippen molar-refractivity contribution >= 4 is 0 Å². The van der Waals surface area contributed by atoms with Crippen LogP contribution in [0.5, 0.6) is 0 Å². The van der Waals surface area contributed by atoms with E-state index in [2.05, 4.69) is 5.10 Å². The summed E-state index contributed by atoms with van der Waals surface area (Å²) in [5.41, 5.74) is 0.273. The lowest BCUT2D eigenvalue weighted by Gasteiger charge is -2.30. The van der Waals surface area contributed by atoms with E-state index in [9.17, 15) is 10.2 Å². The number of aryl methyl sites for hydroxylation is 1. The van der Waals surface area contributed by atoms with Gasteiger partial charge in [0.1, 0.15) is 6.10 Å². The molecule has 5 heteroatoms. The molecule has 1 heterocycles. The lowest BCUT2D eigenvalue weighted by molar-refractivity contribution is -0.0496. The highest BCUT2D eigenvalue weighted by Gasteiger charge is 2.31. The van der Waals surface area contributed by atoms with Crippen LogP contribution in [0.2, 0.25) is 0 Å². The van der Waals surface area contributed by atoms with Crippen molar-refractivity contribution in [2.24, 2.45) is 5.41 Å². The zero-order valence-corrected chi connectivity index (χ0v) is 11.6. The van der Waals surface area contributed by atoms with E-state index < -0.39 is 12.2 Å². The lowest BCUT2D eigenvalue weighted by Crippen LogP contribution is -2.33.